The summed E-state index contributed by atoms with van der Waals surface area (Å²) in [4.78, 5) is 35.1. The van der Waals surface area contributed by atoms with Gasteiger partial charge in [-0.15, -0.1) is 0 Å². The first kappa shape index (κ1) is 31.3. The van der Waals surface area contributed by atoms with Crippen LogP contribution < -0.4 is 4.74 Å². The van der Waals surface area contributed by atoms with Crippen molar-refractivity contribution in [3.8, 4) is 5.75 Å². The first-order chi connectivity index (χ1) is 20.8. The van der Waals surface area contributed by atoms with Crippen molar-refractivity contribution in [2.75, 3.05) is 20.2 Å². The Bertz CT molecular complexity index is 1690. The van der Waals surface area contributed by atoms with Crippen LogP contribution in [0.4, 0.5) is 4.39 Å². The minimum absolute atomic E-state index is 0.0429. The molecule has 43 heavy (non-hydrogen) atoms. The molecule has 1 heterocycles. The Kier molecular flexibility index (Phi) is 10.5. The van der Waals surface area contributed by atoms with E-state index in [9.17, 15) is 19.1 Å². The van der Waals surface area contributed by atoms with Gasteiger partial charge in [-0.1, -0.05) is 60.7 Å². The summed E-state index contributed by atoms with van der Waals surface area (Å²) in [5, 5.41) is 10.1. The number of carbonyl (C=O) groups excluding carboxylic acids is 1. The molecule has 0 aliphatic carbocycles. The van der Waals surface area contributed by atoms with E-state index >= 15 is 0 Å². The number of methoxy groups -OCH3 is 1. The molecular weight excluding hydrogens is 569 g/mol. The number of aryl methyl sites for hydroxylation is 1. The second-order valence-electron chi connectivity index (χ2n) is 9.86. The molecule has 0 aliphatic heterocycles. The summed E-state index contributed by atoms with van der Waals surface area (Å²) in [5.74, 6) is -1.63. The van der Waals surface area contributed by atoms with Gasteiger partial charge in [0.2, 0.25) is 0 Å². The standard InChI is InChI=1S/C34H33ClFN3O4/c1-4-39(18-9-8-13-23-11-6-5-7-12-23)33(40)24-15-16-25(27(19-24)34(41)42)22(2)26(14-10-17-35)32-37-29-20-28(36)31(43-3)21-30(29)38-32/h5-7,10-12,14-17,19-21H,2,4,8-9,13,18H2,1,3H3,(H,37,38)(H,41,42)/b17-10-,26-14+. The minimum atomic E-state index is -1.21. The van der Waals surface area contributed by atoms with E-state index in [0.29, 0.717) is 46.7 Å². The van der Waals surface area contributed by atoms with Crippen LogP contribution in [-0.4, -0.2) is 52.1 Å². The number of carboxylic acids is 1. The number of amides is 1. The summed E-state index contributed by atoms with van der Waals surface area (Å²) in [6.45, 7) is 7.12. The number of allylic oxidation sites excluding steroid dienone is 4. The van der Waals surface area contributed by atoms with Crippen molar-refractivity contribution in [3.05, 3.63) is 119 Å². The number of aromatic nitrogens is 2. The lowest BCUT2D eigenvalue weighted by Crippen LogP contribution is -2.32. The van der Waals surface area contributed by atoms with Gasteiger partial charge in [0.1, 0.15) is 5.82 Å². The summed E-state index contributed by atoms with van der Waals surface area (Å²) in [7, 11) is 1.36. The molecule has 0 radical (unpaired) electrons. The highest BCUT2D eigenvalue weighted by Crippen LogP contribution is 2.33. The molecular formula is C34H33ClFN3O4. The Morgan fingerprint density at radius 3 is 2.56 bits per heavy atom. The highest BCUT2D eigenvalue weighted by Gasteiger charge is 2.22. The molecule has 9 heteroatoms. The van der Waals surface area contributed by atoms with Crippen molar-refractivity contribution in [1.29, 1.82) is 0 Å². The molecule has 0 aliphatic rings. The lowest BCUT2D eigenvalue weighted by atomic mass is 9.92. The van der Waals surface area contributed by atoms with Crippen molar-refractivity contribution in [3.63, 3.8) is 0 Å². The summed E-state index contributed by atoms with van der Waals surface area (Å²) in [6, 6.07) is 17.5. The smallest absolute Gasteiger partial charge is 0.336 e. The maximum absolute atomic E-state index is 14.3. The number of rotatable bonds is 13. The fourth-order valence-corrected chi connectivity index (χ4v) is 4.95. The molecule has 0 atom stereocenters. The molecule has 3 aromatic carbocycles. The van der Waals surface area contributed by atoms with Crippen molar-refractivity contribution in [1.82, 2.24) is 14.9 Å². The molecule has 222 valence electrons. The Hall–Kier alpha value is -4.69. The molecule has 0 unspecified atom stereocenters. The number of fused-ring (bicyclic) bond motifs is 1. The zero-order valence-electron chi connectivity index (χ0n) is 24.1. The number of unbranched alkanes of at least 4 members (excludes halogenated alkanes) is 1. The molecule has 7 nitrogen and oxygen atoms in total. The summed E-state index contributed by atoms with van der Waals surface area (Å²) < 4.78 is 19.4. The summed E-state index contributed by atoms with van der Waals surface area (Å²) in [5.41, 5.74) is 4.66. The third-order valence-corrected chi connectivity index (χ3v) is 7.29. The number of benzene rings is 3. The zero-order chi connectivity index (χ0) is 30.9. The number of aromatic amines is 1. The highest BCUT2D eigenvalue weighted by atomic mass is 35.5. The molecule has 0 saturated heterocycles. The Morgan fingerprint density at radius 2 is 1.88 bits per heavy atom. The normalized spacial score (nSPS) is 11.7. The number of carbonyl (C=O) groups is 2. The number of nitrogens with one attached hydrogen (secondary N) is 1. The van der Waals surface area contributed by atoms with Gasteiger partial charge in [-0.3, -0.25) is 4.79 Å². The lowest BCUT2D eigenvalue weighted by Gasteiger charge is -2.22. The Labute approximate surface area is 255 Å². The molecule has 0 spiro atoms. The third kappa shape index (κ3) is 7.40. The number of ether oxygens (including phenoxy) is 1. The van der Waals surface area contributed by atoms with E-state index in [-0.39, 0.29) is 22.8 Å². The summed E-state index contributed by atoms with van der Waals surface area (Å²) in [6.07, 6.45) is 5.85. The van der Waals surface area contributed by atoms with Gasteiger partial charge in [0.25, 0.3) is 5.91 Å². The van der Waals surface area contributed by atoms with Crippen LogP contribution >= 0.6 is 11.6 Å². The molecule has 0 saturated carbocycles. The van der Waals surface area contributed by atoms with Crippen LogP contribution in [0.25, 0.3) is 22.2 Å². The van der Waals surface area contributed by atoms with E-state index in [1.165, 1.54) is 36.4 Å². The number of hydrogen-bond acceptors (Lipinski definition) is 4. The molecule has 1 amide bonds. The lowest BCUT2D eigenvalue weighted by molar-refractivity contribution is 0.0696. The number of nitrogens with zero attached hydrogens (tertiary/aromatic N) is 2. The van der Waals surface area contributed by atoms with Crippen molar-refractivity contribution < 1.29 is 23.8 Å². The quantitative estimate of drug-likeness (QED) is 0.121. The van der Waals surface area contributed by atoms with Gasteiger partial charge in [-0.05, 0) is 61.1 Å². The highest BCUT2D eigenvalue weighted by molar-refractivity contribution is 6.25. The first-order valence-electron chi connectivity index (χ1n) is 13.9. The van der Waals surface area contributed by atoms with Gasteiger partial charge in [0.15, 0.2) is 11.6 Å². The van der Waals surface area contributed by atoms with Gasteiger partial charge >= 0.3 is 5.97 Å². The van der Waals surface area contributed by atoms with Gasteiger partial charge in [0, 0.05) is 41.9 Å². The van der Waals surface area contributed by atoms with Crippen LogP contribution in [-0.2, 0) is 6.42 Å². The second-order valence-corrected chi connectivity index (χ2v) is 10.1. The molecule has 0 bridgehead atoms. The van der Waals surface area contributed by atoms with Gasteiger partial charge in [-0.25, -0.2) is 14.2 Å². The van der Waals surface area contributed by atoms with E-state index in [2.05, 4.69) is 28.7 Å². The van der Waals surface area contributed by atoms with Gasteiger partial charge in [-0.2, -0.15) is 0 Å². The van der Waals surface area contributed by atoms with E-state index in [1.54, 1.807) is 29.2 Å². The van der Waals surface area contributed by atoms with Crippen LogP contribution in [0.2, 0.25) is 0 Å². The van der Waals surface area contributed by atoms with Crippen LogP contribution in [0.1, 0.15) is 57.4 Å². The summed E-state index contributed by atoms with van der Waals surface area (Å²) >= 11 is 5.79. The zero-order valence-corrected chi connectivity index (χ0v) is 24.8. The monoisotopic (exact) mass is 601 g/mol. The van der Waals surface area contributed by atoms with Gasteiger partial charge < -0.3 is 19.7 Å². The van der Waals surface area contributed by atoms with E-state index in [0.717, 1.165) is 19.3 Å². The average Bonchev–Trinajstić information content (AvgIpc) is 3.42. The fraction of sp³-hybridized carbons (Fsp3) is 0.206. The molecule has 4 rings (SSSR count). The largest absolute Gasteiger partial charge is 0.494 e. The van der Waals surface area contributed by atoms with Gasteiger partial charge in [0.05, 0.1) is 23.7 Å². The number of carboxylic acid groups (broad SMARTS) is 1. The van der Waals surface area contributed by atoms with E-state index in [4.69, 9.17) is 16.3 Å². The first-order valence-corrected chi connectivity index (χ1v) is 14.3. The number of H-pyrrole nitrogens is 1. The molecule has 4 aromatic rings. The maximum Gasteiger partial charge on any atom is 0.336 e. The molecule has 2 N–H and O–H groups in total. The third-order valence-electron chi connectivity index (χ3n) is 7.15. The predicted octanol–water partition coefficient (Wildman–Crippen LogP) is 7.74. The van der Waals surface area contributed by atoms with Crippen LogP contribution in [0.3, 0.4) is 0 Å². The Balaban J connectivity index is 1.59. The van der Waals surface area contributed by atoms with Crippen LogP contribution in [0.15, 0.2) is 84.9 Å². The molecule has 1 aromatic heterocycles. The van der Waals surface area contributed by atoms with Crippen molar-refractivity contribution in [2.24, 2.45) is 0 Å². The van der Waals surface area contributed by atoms with Crippen molar-refractivity contribution >= 4 is 45.7 Å². The number of aromatic carboxylic acids is 1. The predicted molar refractivity (Wildman–Crippen MR) is 169 cm³/mol. The van der Waals surface area contributed by atoms with Crippen molar-refractivity contribution in [2.45, 2.75) is 26.2 Å². The van der Waals surface area contributed by atoms with Crippen LogP contribution in [0, 0.1) is 5.82 Å². The number of imidazole rings is 1. The topological polar surface area (TPSA) is 95.5 Å². The average molecular weight is 602 g/mol. The molecule has 0 fully saturated rings. The van der Waals surface area contributed by atoms with E-state index in [1.807, 2.05) is 25.1 Å². The SMILES string of the molecule is C=C(/C(=C\C=C/Cl)c1nc2cc(OC)c(F)cc2[nH]1)c1ccc(C(=O)N(CC)CCCCc2ccccc2)cc1C(=O)O. The Morgan fingerprint density at radius 1 is 1.12 bits per heavy atom. The van der Waals surface area contributed by atoms with E-state index < -0.39 is 11.8 Å². The number of hydrogen-bond donors (Lipinski definition) is 2. The minimum Gasteiger partial charge on any atom is -0.494 e. The fourth-order valence-electron chi connectivity index (χ4n) is 4.88. The second kappa shape index (κ2) is 14.5. The maximum atomic E-state index is 14.3. The van der Waals surface area contributed by atoms with Crippen LogP contribution in [0.5, 0.6) is 5.75 Å². The number of halogens is 2.